The molecule has 0 saturated carbocycles. The van der Waals surface area contributed by atoms with Gasteiger partial charge in [0, 0.05) is 55.8 Å². The summed E-state index contributed by atoms with van der Waals surface area (Å²) in [5.41, 5.74) is 7.33. The van der Waals surface area contributed by atoms with Crippen molar-refractivity contribution in [2.24, 2.45) is 0 Å². The van der Waals surface area contributed by atoms with Crippen molar-refractivity contribution < 1.29 is 0 Å². The van der Waals surface area contributed by atoms with Crippen molar-refractivity contribution >= 4 is 11.8 Å². The summed E-state index contributed by atoms with van der Waals surface area (Å²) in [5.74, 6) is 0. The summed E-state index contributed by atoms with van der Waals surface area (Å²) in [6.07, 6.45) is 8.84. The van der Waals surface area contributed by atoms with Crippen LogP contribution >= 0.6 is 0 Å². The Bertz CT molecular complexity index is 856. The highest BCUT2D eigenvalue weighted by molar-refractivity contribution is 5.70. The molecule has 1 aromatic heterocycles. The second-order valence-electron chi connectivity index (χ2n) is 7.31. The minimum atomic E-state index is 0.538. The van der Waals surface area contributed by atoms with Gasteiger partial charge in [0.1, 0.15) is 0 Å². The molecule has 4 heteroatoms. The fourth-order valence-electron chi connectivity index (χ4n) is 4.02. The lowest BCUT2D eigenvalue weighted by Gasteiger charge is -2.33. The lowest BCUT2D eigenvalue weighted by molar-refractivity contribution is 0.211. The number of aromatic nitrogens is 1. The third-order valence-electron chi connectivity index (χ3n) is 5.59. The molecule has 0 atom stereocenters. The molecule has 0 bridgehead atoms. The normalized spacial score (nSPS) is 17.5. The fourth-order valence-corrected chi connectivity index (χ4v) is 4.02. The molecule has 1 saturated heterocycles. The molecule has 0 amide bonds. The van der Waals surface area contributed by atoms with Crippen LogP contribution in [0, 0.1) is 18.3 Å². The van der Waals surface area contributed by atoms with Gasteiger partial charge in [-0.05, 0) is 60.2 Å². The molecule has 1 aliphatic heterocycles. The fraction of sp³-hybridized carbons (Fsp3) is 0.364. The highest BCUT2D eigenvalue weighted by Crippen LogP contribution is 2.30. The van der Waals surface area contributed by atoms with Crippen LogP contribution in [0.1, 0.15) is 35.1 Å². The molecule has 2 aromatic rings. The number of hydrogen-bond acceptors (Lipinski definition) is 4. The van der Waals surface area contributed by atoms with Gasteiger partial charge in [-0.2, -0.15) is 5.26 Å². The summed E-state index contributed by atoms with van der Waals surface area (Å²) >= 11 is 0. The molecule has 1 fully saturated rings. The number of benzene rings is 1. The molecule has 2 aliphatic rings. The zero-order valence-electron chi connectivity index (χ0n) is 15.2. The van der Waals surface area contributed by atoms with E-state index in [2.05, 4.69) is 46.4 Å². The number of nitrogens with one attached hydrogen (secondary N) is 1. The third-order valence-corrected chi connectivity index (χ3v) is 5.59. The number of rotatable bonds is 4. The maximum Gasteiger partial charge on any atom is 0.0950 e. The molecule has 2 heterocycles. The average Bonchev–Trinajstić information content (AvgIpc) is 3.11. The average molecular weight is 344 g/mol. The van der Waals surface area contributed by atoms with E-state index in [1.54, 1.807) is 0 Å². The van der Waals surface area contributed by atoms with E-state index in [1.165, 1.54) is 22.3 Å². The number of allylic oxidation sites excluding steroid dienone is 1. The van der Waals surface area contributed by atoms with Crippen molar-refractivity contribution in [3.63, 3.8) is 0 Å². The van der Waals surface area contributed by atoms with Gasteiger partial charge >= 0.3 is 0 Å². The Kier molecular flexibility index (Phi) is 4.73. The number of piperidine rings is 1. The van der Waals surface area contributed by atoms with Gasteiger partial charge in [-0.15, -0.1) is 0 Å². The topological polar surface area (TPSA) is 52.0 Å². The van der Waals surface area contributed by atoms with E-state index in [0.29, 0.717) is 6.04 Å². The second kappa shape index (κ2) is 7.31. The maximum absolute atomic E-state index is 9.15. The highest BCUT2D eigenvalue weighted by atomic mass is 15.1. The summed E-state index contributed by atoms with van der Waals surface area (Å²) in [5, 5.41) is 12.8. The SMILES string of the molecule is Cc1c(CN2CCC(Nc3ccncc3)CC2)ccc2c1C=C(C#N)C2. The molecule has 4 rings (SSSR count). The summed E-state index contributed by atoms with van der Waals surface area (Å²) in [6.45, 7) is 5.41. The summed E-state index contributed by atoms with van der Waals surface area (Å²) in [4.78, 5) is 6.62. The first-order chi connectivity index (χ1) is 12.7. The van der Waals surface area contributed by atoms with Crippen molar-refractivity contribution in [2.75, 3.05) is 18.4 Å². The molecular weight excluding hydrogens is 320 g/mol. The van der Waals surface area contributed by atoms with E-state index in [4.69, 9.17) is 5.26 Å². The van der Waals surface area contributed by atoms with E-state index >= 15 is 0 Å². The molecule has 0 unspecified atom stereocenters. The van der Waals surface area contributed by atoms with Gasteiger partial charge in [-0.25, -0.2) is 0 Å². The van der Waals surface area contributed by atoms with E-state index in [0.717, 1.165) is 50.2 Å². The summed E-state index contributed by atoms with van der Waals surface area (Å²) in [6, 6.07) is 11.4. The molecular formula is C22H24N4. The van der Waals surface area contributed by atoms with Gasteiger partial charge in [0.25, 0.3) is 0 Å². The Balaban J connectivity index is 1.37. The quantitative estimate of drug-likeness (QED) is 0.913. The number of fused-ring (bicyclic) bond motifs is 1. The van der Waals surface area contributed by atoms with Crippen LogP contribution in [0.5, 0.6) is 0 Å². The molecule has 1 aromatic carbocycles. The Labute approximate surface area is 155 Å². The van der Waals surface area contributed by atoms with Gasteiger partial charge in [-0.1, -0.05) is 12.1 Å². The predicted molar refractivity (Wildman–Crippen MR) is 105 cm³/mol. The van der Waals surface area contributed by atoms with Crippen molar-refractivity contribution in [2.45, 2.75) is 38.8 Å². The zero-order valence-corrected chi connectivity index (χ0v) is 15.2. The van der Waals surface area contributed by atoms with E-state index in [-0.39, 0.29) is 0 Å². The van der Waals surface area contributed by atoms with E-state index in [1.807, 2.05) is 24.5 Å². The number of hydrogen-bond donors (Lipinski definition) is 1. The Morgan fingerprint density at radius 1 is 1.19 bits per heavy atom. The second-order valence-corrected chi connectivity index (χ2v) is 7.31. The lowest BCUT2D eigenvalue weighted by Crippen LogP contribution is -2.38. The molecule has 132 valence electrons. The molecule has 1 N–H and O–H groups in total. The van der Waals surface area contributed by atoms with Crippen LogP contribution in [0.15, 0.2) is 42.2 Å². The lowest BCUT2D eigenvalue weighted by atomic mass is 9.97. The van der Waals surface area contributed by atoms with Crippen molar-refractivity contribution in [3.05, 3.63) is 64.5 Å². The first kappa shape index (κ1) is 16.8. The molecule has 0 spiro atoms. The van der Waals surface area contributed by atoms with Crippen LogP contribution in [0.2, 0.25) is 0 Å². The summed E-state index contributed by atoms with van der Waals surface area (Å²) in [7, 11) is 0. The van der Waals surface area contributed by atoms with Gasteiger partial charge in [-0.3, -0.25) is 9.88 Å². The predicted octanol–water partition coefficient (Wildman–Crippen LogP) is 3.93. The summed E-state index contributed by atoms with van der Waals surface area (Å²) < 4.78 is 0. The molecule has 4 nitrogen and oxygen atoms in total. The van der Waals surface area contributed by atoms with Crippen molar-refractivity contribution in [1.29, 1.82) is 5.26 Å². The van der Waals surface area contributed by atoms with Gasteiger partial charge in [0.2, 0.25) is 0 Å². The number of anilines is 1. The zero-order chi connectivity index (χ0) is 17.9. The van der Waals surface area contributed by atoms with Crippen LogP contribution in [-0.4, -0.2) is 29.0 Å². The number of nitriles is 1. The number of likely N-dealkylation sites (tertiary alicyclic amines) is 1. The van der Waals surface area contributed by atoms with Crippen LogP contribution in [-0.2, 0) is 13.0 Å². The van der Waals surface area contributed by atoms with Crippen LogP contribution in [0.4, 0.5) is 5.69 Å². The van der Waals surface area contributed by atoms with E-state index < -0.39 is 0 Å². The van der Waals surface area contributed by atoms with Gasteiger partial charge < -0.3 is 5.32 Å². The van der Waals surface area contributed by atoms with Gasteiger partial charge in [0.05, 0.1) is 6.07 Å². The first-order valence-electron chi connectivity index (χ1n) is 9.34. The number of pyridine rings is 1. The van der Waals surface area contributed by atoms with Crippen LogP contribution in [0.25, 0.3) is 6.08 Å². The largest absolute Gasteiger partial charge is 0.382 e. The Morgan fingerprint density at radius 3 is 2.69 bits per heavy atom. The first-order valence-corrected chi connectivity index (χ1v) is 9.34. The molecule has 1 aliphatic carbocycles. The van der Waals surface area contributed by atoms with Crippen LogP contribution in [0.3, 0.4) is 0 Å². The third kappa shape index (κ3) is 3.49. The minimum Gasteiger partial charge on any atom is -0.382 e. The van der Waals surface area contributed by atoms with Crippen molar-refractivity contribution in [1.82, 2.24) is 9.88 Å². The highest BCUT2D eigenvalue weighted by Gasteiger charge is 2.21. The van der Waals surface area contributed by atoms with E-state index in [9.17, 15) is 0 Å². The molecule has 0 radical (unpaired) electrons. The maximum atomic E-state index is 9.15. The van der Waals surface area contributed by atoms with Gasteiger partial charge in [0.15, 0.2) is 0 Å². The standard InChI is InChI=1S/C22H24N4/c1-16-19(3-2-18-12-17(14-23)13-22(16)18)15-26-10-6-21(7-11-26)25-20-4-8-24-9-5-20/h2-5,8-9,13,21H,6-7,10-12,15H2,1H3,(H,24,25). The smallest absolute Gasteiger partial charge is 0.0950 e. The minimum absolute atomic E-state index is 0.538. The Morgan fingerprint density at radius 2 is 1.96 bits per heavy atom. The Hall–Kier alpha value is -2.64. The monoisotopic (exact) mass is 344 g/mol. The van der Waals surface area contributed by atoms with Crippen molar-refractivity contribution in [3.8, 4) is 6.07 Å². The molecule has 26 heavy (non-hydrogen) atoms. The number of nitrogens with zero attached hydrogens (tertiary/aromatic N) is 3. The van der Waals surface area contributed by atoms with Crippen LogP contribution < -0.4 is 5.32 Å².